The van der Waals surface area contributed by atoms with Gasteiger partial charge in [-0.05, 0) is 83.3 Å². The molecule has 0 spiro atoms. The first-order valence-electron chi connectivity index (χ1n) is 20.5. The molecule has 4 N–H and O–H groups in total. The quantitative estimate of drug-likeness (QED) is 0.0544. The van der Waals surface area contributed by atoms with Gasteiger partial charge in [-0.15, -0.1) is 0 Å². The minimum atomic E-state index is 0.428. The molecule has 0 aliphatic carbocycles. The van der Waals surface area contributed by atoms with Gasteiger partial charge < -0.3 is 11.5 Å². The summed E-state index contributed by atoms with van der Waals surface area (Å²) in [6.07, 6.45) is 26.2. The molecule has 0 heterocycles. The van der Waals surface area contributed by atoms with Crippen LogP contribution in [0.4, 0.5) is 11.4 Å². The van der Waals surface area contributed by atoms with Crippen molar-refractivity contribution in [3.8, 4) is 0 Å². The Kier molecular flexibility index (Phi) is 18.1. The fourth-order valence-corrected chi connectivity index (χ4v) is 7.59. The summed E-state index contributed by atoms with van der Waals surface area (Å²) in [5.41, 5.74) is 22.2. The summed E-state index contributed by atoms with van der Waals surface area (Å²) in [6.45, 7) is 4.58. The van der Waals surface area contributed by atoms with Crippen molar-refractivity contribution in [2.75, 3.05) is 11.5 Å². The van der Waals surface area contributed by atoms with E-state index in [1.54, 1.807) is 0 Å². The maximum absolute atomic E-state index is 6.05. The minimum Gasteiger partial charge on any atom is -0.399 e. The molecule has 0 saturated heterocycles. The Morgan fingerprint density at radius 2 is 0.600 bits per heavy atom. The Morgan fingerprint density at radius 1 is 0.340 bits per heavy atom. The van der Waals surface area contributed by atoms with E-state index in [1.807, 2.05) is 0 Å². The standard InChI is InChI=1S/C48H68N2/c1-3-5-7-9-11-13-15-17-19-47(43-31-35-45(49)36-32-43)41-27-23-39(24-28-41)21-22-40-25-29-42(30-26-40)48(44-33-37-46(50)38-34-44)20-18-16-14-12-10-8-6-4-2/h23-38,47-48H,3-22,49-50H2,1-2H3. The molecule has 0 amide bonds. The van der Waals surface area contributed by atoms with Gasteiger partial charge >= 0.3 is 0 Å². The van der Waals surface area contributed by atoms with Gasteiger partial charge in [0, 0.05) is 23.2 Å². The van der Waals surface area contributed by atoms with Gasteiger partial charge in [0.2, 0.25) is 0 Å². The van der Waals surface area contributed by atoms with E-state index in [0.29, 0.717) is 11.8 Å². The molecule has 4 rings (SSSR count). The fraction of sp³-hybridized carbons (Fsp3) is 0.500. The summed E-state index contributed by atoms with van der Waals surface area (Å²) >= 11 is 0. The molecule has 2 nitrogen and oxygen atoms in total. The van der Waals surface area contributed by atoms with E-state index in [1.165, 1.54) is 149 Å². The number of unbranched alkanes of at least 4 members (excludes halogenated alkanes) is 14. The normalized spacial score (nSPS) is 12.6. The topological polar surface area (TPSA) is 52.0 Å². The zero-order chi connectivity index (χ0) is 35.2. The molecule has 0 aliphatic heterocycles. The van der Waals surface area contributed by atoms with Gasteiger partial charge in [0.05, 0.1) is 0 Å². The second kappa shape index (κ2) is 23.0. The van der Waals surface area contributed by atoms with Gasteiger partial charge in [-0.3, -0.25) is 0 Å². The predicted octanol–water partition coefficient (Wildman–Crippen LogP) is 14.0. The molecule has 2 unspecified atom stereocenters. The van der Waals surface area contributed by atoms with E-state index < -0.39 is 0 Å². The first kappa shape index (κ1) is 39.3. The molecule has 0 saturated carbocycles. The molecule has 2 heteroatoms. The van der Waals surface area contributed by atoms with Crippen molar-refractivity contribution in [3.63, 3.8) is 0 Å². The van der Waals surface area contributed by atoms with E-state index in [4.69, 9.17) is 11.5 Å². The highest BCUT2D eigenvalue weighted by atomic mass is 14.5. The summed E-state index contributed by atoms with van der Waals surface area (Å²) < 4.78 is 0. The smallest absolute Gasteiger partial charge is 0.0314 e. The van der Waals surface area contributed by atoms with E-state index in [2.05, 4.69) is 111 Å². The number of benzene rings is 4. The molecule has 0 aliphatic rings. The number of hydrogen-bond acceptors (Lipinski definition) is 2. The van der Waals surface area contributed by atoms with Crippen LogP contribution in [-0.4, -0.2) is 0 Å². The monoisotopic (exact) mass is 673 g/mol. The molecule has 4 aromatic rings. The van der Waals surface area contributed by atoms with Crippen molar-refractivity contribution in [3.05, 3.63) is 130 Å². The van der Waals surface area contributed by atoms with E-state index in [-0.39, 0.29) is 0 Å². The molecule has 0 aromatic heterocycles. The lowest BCUT2D eigenvalue weighted by molar-refractivity contribution is 0.551. The first-order valence-corrected chi connectivity index (χ1v) is 20.5. The average Bonchev–Trinajstić information content (AvgIpc) is 3.14. The highest BCUT2D eigenvalue weighted by Gasteiger charge is 2.16. The summed E-state index contributed by atoms with van der Waals surface area (Å²) in [4.78, 5) is 0. The highest BCUT2D eigenvalue weighted by Crippen LogP contribution is 2.33. The SMILES string of the molecule is CCCCCCCCCCC(c1ccc(N)cc1)c1ccc(CCc2ccc(C(CCCCCCCCCC)c3ccc(N)cc3)cc2)cc1. The van der Waals surface area contributed by atoms with Crippen molar-refractivity contribution >= 4 is 11.4 Å². The van der Waals surface area contributed by atoms with Gasteiger partial charge in [0.1, 0.15) is 0 Å². The number of hydrogen-bond donors (Lipinski definition) is 2. The van der Waals surface area contributed by atoms with Crippen molar-refractivity contribution < 1.29 is 0 Å². The van der Waals surface area contributed by atoms with Crippen LogP contribution in [0.15, 0.2) is 97.1 Å². The van der Waals surface area contributed by atoms with Gasteiger partial charge in [-0.1, -0.05) is 189 Å². The third kappa shape index (κ3) is 14.0. The van der Waals surface area contributed by atoms with Crippen LogP contribution in [0.3, 0.4) is 0 Å². The minimum absolute atomic E-state index is 0.428. The number of aryl methyl sites for hydroxylation is 2. The molecule has 0 fully saturated rings. The Labute approximate surface area is 306 Å². The van der Waals surface area contributed by atoms with Gasteiger partial charge in [0.15, 0.2) is 0 Å². The molecule has 270 valence electrons. The van der Waals surface area contributed by atoms with Crippen molar-refractivity contribution in [1.29, 1.82) is 0 Å². The van der Waals surface area contributed by atoms with E-state index in [0.717, 1.165) is 24.2 Å². The Hall–Kier alpha value is -3.52. The lowest BCUT2D eigenvalue weighted by Crippen LogP contribution is -2.03. The van der Waals surface area contributed by atoms with Gasteiger partial charge in [0.25, 0.3) is 0 Å². The van der Waals surface area contributed by atoms with Crippen molar-refractivity contribution in [1.82, 2.24) is 0 Å². The molecular weight excluding hydrogens is 605 g/mol. The lowest BCUT2D eigenvalue weighted by atomic mass is 9.85. The Balaban J connectivity index is 1.31. The molecule has 4 aromatic carbocycles. The van der Waals surface area contributed by atoms with Crippen LogP contribution in [-0.2, 0) is 12.8 Å². The summed E-state index contributed by atoms with van der Waals surface area (Å²) in [5, 5.41) is 0. The summed E-state index contributed by atoms with van der Waals surface area (Å²) in [6, 6.07) is 36.1. The second-order valence-corrected chi connectivity index (χ2v) is 14.9. The summed E-state index contributed by atoms with van der Waals surface area (Å²) in [7, 11) is 0. The van der Waals surface area contributed by atoms with Gasteiger partial charge in [-0.25, -0.2) is 0 Å². The first-order chi connectivity index (χ1) is 24.6. The van der Waals surface area contributed by atoms with E-state index >= 15 is 0 Å². The summed E-state index contributed by atoms with van der Waals surface area (Å²) in [5.74, 6) is 0.856. The number of nitrogens with two attached hydrogens (primary N) is 2. The molecule has 0 bridgehead atoms. The highest BCUT2D eigenvalue weighted by molar-refractivity contribution is 5.44. The fourth-order valence-electron chi connectivity index (χ4n) is 7.59. The van der Waals surface area contributed by atoms with Crippen LogP contribution in [0.2, 0.25) is 0 Å². The molecule has 50 heavy (non-hydrogen) atoms. The Bertz CT molecular complexity index is 1310. The lowest BCUT2D eigenvalue weighted by Gasteiger charge is -2.19. The Morgan fingerprint density at radius 3 is 0.900 bits per heavy atom. The maximum Gasteiger partial charge on any atom is 0.0314 e. The van der Waals surface area contributed by atoms with Crippen LogP contribution in [0.25, 0.3) is 0 Å². The predicted molar refractivity (Wildman–Crippen MR) is 220 cm³/mol. The maximum atomic E-state index is 6.05. The largest absolute Gasteiger partial charge is 0.399 e. The molecular formula is C48H68N2. The zero-order valence-electron chi connectivity index (χ0n) is 31.7. The van der Waals surface area contributed by atoms with Crippen molar-refractivity contribution in [2.24, 2.45) is 0 Å². The van der Waals surface area contributed by atoms with E-state index in [9.17, 15) is 0 Å². The third-order valence-corrected chi connectivity index (χ3v) is 10.8. The number of nitrogen functional groups attached to an aromatic ring is 2. The van der Waals surface area contributed by atoms with Crippen LogP contribution in [0, 0.1) is 0 Å². The average molecular weight is 673 g/mol. The van der Waals surface area contributed by atoms with Crippen LogP contribution >= 0.6 is 0 Å². The van der Waals surface area contributed by atoms with Crippen LogP contribution < -0.4 is 11.5 Å². The number of anilines is 2. The molecule has 2 atom stereocenters. The second-order valence-electron chi connectivity index (χ2n) is 14.9. The van der Waals surface area contributed by atoms with Crippen LogP contribution in [0.5, 0.6) is 0 Å². The third-order valence-electron chi connectivity index (χ3n) is 10.8. The van der Waals surface area contributed by atoms with Gasteiger partial charge in [-0.2, -0.15) is 0 Å². The number of rotatable bonds is 25. The zero-order valence-corrected chi connectivity index (χ0v) is 31.7. The van der Waals surface area contributed by atoms with Crippen molar-refractivity contribution in [2.45, 2.75) is 154 Å². The van der Waals surface area contributed by atoms with Crippen LogP contribution in [0.1, 0.15) is 175 Å². The molecule has 0 radical (unpaired) electrons.